The van der Waals surface area contributed by atoms with E-state index in [1.807, 2.05) is 6.07 Å². The Bertz CT molecular complexity index is 381. The molecule has 1 aromatic rings. The van der Waals surface area contributed by atoms with Gasteiger partial charge in [0.1, 0.15) is 0 Å². The number of rotatable bonds is 0. The number of nitrogens with two attached hydrogens (primary N) is 1. The molecule has 0 aromatic carbocycles. The van der Waals surface area contributed by atoms with Gasteiger partial charge in [0.05, 0.1) is 0 Å². The van der Waals surface area contributed by atoms with Crippen molar-refractivity contribution in [1.82, 2.24) is 0 Å². The summed E-state index contributed by atoms with van der Waals surface area (Å²) in [6, 6.07) is 3.54. The van der Waals surface area contributed by atoms with Crippen LogP contribution in [-0.2, 0) is 0 Å². The molecule has 16 heavy (non-hydrogen) atoms. The first-order valence-electron chi connectivity index (χ1n) is 3.33. The van der Waals surface area contributed by atoms with E-state index in [-0.39, 0.29) is 0 Å². The average Bonchev–Trinajstić information content (AvgIpc) is 1.91. The quantitative estimate of drug-likeness (QED) is 0.241. The molecule has 1 rings (SSSR count). The molecule has 1 heterocycles. The van der Waals surface area contributed by atoms with Crippen LogP contribution in [-0.4, -0.2) is 0 Å². The van der Waals surface area contributed by atoms with Gasteiger partial charge >= 0.3 is 38.1 Å². The van der Waals surface area contributed by atoms with Gasteiger partial charge in [0.2, 0.25) is 6.20 Å². The summed E-state index contributed by atoms with van der Waals surface area (Å²) in [6.07, 6.45) is 1.67. The summed E-state index contributed by atoms with van der Waals surface area (Å²) in [4.78, 5) is 0. The fraction of sp³-hybridized carbons (Fsp3) is 0. The van der Waals surface area contributed by atoms with Crippen LogP contribution in [0, 0.1) is 0 Å². The van der Waals surface area contributed by atoms with Crippen molar-refractivity contribution >= 4 is 35.3 Å². The molecule has 0 aliphatic rings. The SMILES string of the molecule is F[P-](F)(F)(F)(F)F.N[n+]1ccc(Br)cc1Cl. The molecule has 0 saturated heterocycles. The van der Waals surface area contributed by atoms with E-state index in [1.54, 1.807) is 12.3 Å². The van der Waals surface area contributed by atoms with Gasteiger partial charge in [0, 0.05) is 16.6 Å². The minimum absolute atomic E-state index is 0.504. The monoisotopic (exact) mass is 352 g/mol. The molecule has 0 radical (unpaired) electrons. The molecule has 2 nitrogen and oxygen atoms in total. The van der Waals surface area contributed by atoms with Gasteiger partial charge in [0.15, 0.2) is 0 Å². The van der Waals surface area contributed by atoms with Crippen LogP contribution in [0.4, 0.5) is 25.2 Å². The van der Waals surface area contributed by atoms with Crippen molar-refractivity contribution in [3.05, 3.63) is 28.0 Å². The Labute approximate surface area is 99.3 Å². The molecule has 0 unspecified atom stereocenters. The van der Waals surface area contributed by atoms with Gasteiger partial charge in [-0.25, -0.2) is 5.84 Å². The number of halogens is 8. The van der Waals surface area contributed by atoms with Crippen molar-refractivity contribution in [2.24, 2.45) is 0 Å². The Morgan fingerprint density at radius 1 is 1.19 bits per heavy atom. The van der Waals surface area contributed by atoms with E-state index in [0.717, 1.165) is 4.47 Å². The van der Waals surface area contributed by atoms with E-state index in [0.29, 0.717) is 5.15 Å². The number of hydrogen-bond donors (Lipinski definition) is 1. The first-order chi connectivity index (χ1) is 6.65. The molecule has 11 heteroatoms. The van der Waals surface area contributed by atoms with Crippen LogP contribution < -0.4 is 10.5 Å². The van der Waals surface area contributed by atoms with Crippen molar-refractivity contribution in [2.45, 2.75) is 0 Å². The van der Waals surface area contributed by atoms with Gasteiger partial charge in [-0.3, -0.25) is 0 Å². The molecular weight excluding hydrogens is 348 g/mol. The van der Waals surface area contributed by atoms with E-state index in [9.17, 15) is 25.2 Å². The predicted octanol–water partition coefficient (Wildman–Crippen LogP) is 4.49. The number of pyridine rings is 1. The Kier molecular flexibility index (Phi) is 3.82. The summed E-state index contributed by atoms with van der Waals surface area (Å²) in [5.41, 5.74) is 0. The normalized spacial score (nSPS) is 15.5. The maximum atomic E-state index is 9.87. The van der Waals surface area contributed by atoms with E-state index >= 15 is 0 Å². The first-order valence-corrected chi connectivity index (χ1v) is 6.53. The van der Waals surface area contributed by atoms with Crippen LogP contribution in [0.1, 0.15) is 0 Å². The number of aromatic nitrogens is 1. The standard InChI is InChI=1S/C5H5BrClN2.F6P/c6-4-1-2-9(8)5(7)3-4;1-7(2,3,4,5)6/h1-3H,8H2;/q+1;-1. The molecule has 0 fully saturated rings. The third-order valence-electron chi connectivity index (χ3n) is 0.898. The molecule has 1 aromatic heterocycles. The maximum Gasteiger partial charge on any atom is 0.304 e. The van der Waals surface area contributed by atoms with Gasteiger partial charge in [-0.15, -0.1) is 0 Å². The third-order valence-corrected chi connectivity index (χ3v) is 1.70. The van der Waals surface area contributed by atoms with E-state index in [1.165, 1.54) is 4.68 Å². The van der Waals surface area contributed by atoms with Crippen molar-refractivity contribution in [3.63, 3.8) is 0 Å². The van der Waals surface area contributed by atoms with Crippen LogP contribution >= 0.6 is 35.3 Å². The molecule has 0 bridgehead atoms. The Morgan fingerprint density at radius 2 is 1.56 bits per heavy atom. The number of nitrogens with zero attached hydrogens (tertiary/aromatic N) is 1. The Hall–Kier alpha value is -0.270. The van der Waals surface area contributed by atoms with Gasteiger partial charge in [0.25, 0.3) is 0 Å². The summed E-state index contributed by atoms with van der Waals surface area (Å²) in [6.45, 7) is 0. The van der Waals surface area contributed by atoms with Crippen molar-refractivity contribution in [2.75, 3.05) is 5.84 Å². The molecule has 0 spiro atoms. The molecular formula is C5H5BrClF6N2P. The maximum absolute atomic E-state index is 10.7. The van der Waals surface area contributed by atoms with Crippen LogP contribution in [0.15, 0.2) is 22.8 Å². The third kappa shape index (κ3) is 13.7. The minimum atomic E-state index is -10.7. The topological polar surface area (TPSA) is 29.9 Å². The van der Waals surface area contributed by atoms with Crippen LogP contribution in [0.25, 0.3) is 0 Å². The second kappa shape index (κ2) is 3.89. The Morgan fingerprint density at radius 3 is 1.81 bits per heavy atom. The number of nitrogen functional groups attached to an aromatic ring is 1. The predicted molar refractivity (Wildman–Crippen MR) is 53.1 cm³/mol. The summed E-state index contributed by atoms with van der Waals surface area (Å²) in [5.74, 6) is 5.35. The molecule has 0 amide bonds. The summed E-state index contributed by atoms with van der Waals surface area (Å²) in [5, 5.41) is 0.504. The smallest absolute Gasteiger partial charge is 0.204 e. The van der Waals surface area contributed by atoms with Crippen LogP contribution in [0.3, 0.4) is 0 Å². The van der Waals surface area contributed by atoms with Crippen molar-refractivity contribution < 1.29 is 29.9 Å². The Balaban J connectivity index is 0.000000293. The molecule has 0 aliphatic carbocycles. The second-order valence-corrected chi connectivity index (χ2v) is 5.75. The zero-order valence-electron chi connectivity index (χ0n) is 7.23. The van der Waals surface area contributed by atoms with Gasteiger partial charge in [-0.1, -0.05) is 20.6 Å². The first kappa shape index (κ1) is 15.7. The van der Waals surface area contributed by atoms with Gasteiger partial charge < -0.3 is 0 Å². The minimum Gasteiger partial charge on any atom is -0.204 e. The molecule has 96 valence electrons. The van der Waals surface area contributed by atoms with Gasteiger partial charge in [-0.2, -0.15) is 0 Å². The van der Waals surface area contributed by atoms with Crippen LogP contribution in [0.5, 0.6) is 0 Å². The zero-order valence-corrected chi connectivity index (χ0v) is 10.5. The molecule has 0 aliphatic heterocycles. The van der Waals surface area contributed by atoms with E-state index in [4.69, 9.17) is 17.4 Å². The largest absolute Gasteiger partial charge is 0.304 e. The fourth-order valence-corrected chi connectivity index (χ4v) is 1.10. The zero-order chi connectivity index (χ0) is 13.3. The summed E-state index contributed by atoms with van der Waals surface area (Å²) >= 11 is 8.86. The average molecular weight is 353 g/mol. The van der Waals surface area contributed by atoms with E-state index < -0.39 is 7.81 Å². The van der Waals surface area contributed by atoms with E-state index in [2.05, 4.69) is 15.9 Å². The van der Waals surface area contributed by atoms with Crippen LogP contribution in [0.2, 0.25) is 5.15 Å². The summed E-state index contributed by atoms with van der Waals surface area (Å²) < 4.78 is 61.5. The number of hydrogen-bond acceptors (Lipinski definition) is 1. The van der Waals surface area contributed by atoms with Crippen molar-refractivity contribution in [3.8, 4) is 0 Å². The van der Waals surface area contributed by atoms with Crippen molar-refractivity contribution in [1.29, 1.82) is 0 Å². The fourth-order valence-electron chi connectivity index (χ4n) is 0.459. The molecule has 2 N–H and O–H groups in total. The second-order valence-electron chi connectivity index (χ2n) is 2.53. The molecule has 0 saturated carbocycles. The summed E-state index contributed by atoms with van der Waals surface area (Å²) in [7, 11) is -10.7. The van der Waals surface area contributed by atoms with Gasteiger partial charge in [-0.05, 0) is 11.6 Å². The molecule has 0 atom stereocenters.